The van der Waals surface area contributed by atoms with Crippen molar-refractivity contribution in [2.45, 2.75) is 31.5 Å². The highest BCUT2D eigenvalue weighted by atomic mass is 19.4. The minimum atomic E-state index is -4.79. The number of hydrogen-bond donors (Lipinski definition) is 2. The summed E-state index contributed by atoms with van der Waals surface area (Å²) in [5, 5.41) is 8.77. The van der Waals surface area contributed by atoms with Gasteiger partial charge in [-0.25, -0.2) is 4.68 Å². The van der Waals surface area contributed by atoms with Gasteiger partial charge in [-0.05, 0) is 31.4 Å². The van der Waals surface area contributed by atoms with Gasteiger partial charge in [0.25, 0.3) is 5.91 Å². The number of carbonyl (C=O) groups excluding carboxylic acids is 2. The second kappa shape index (κ2) is 7.19. The molecule has 1 aliphatic heterocycles. The molecule has 26 heavy (non-hydrogen) atoms. The summed E-state index contributed by atoms with van der Waals surface area (Å²) in [6.07, 6.45) is -2.08. The zero-order chi connectivity index (χ0) is 18.7. The Morgan fingerprint density at radius 1 is 1.23 bits per heavy atom. The summed E-state index contributed by atoms with van der Waals surface area (Å²) >= 11 is 0. The highest BCUT2D eigenvalue weighted by Crippen LogP contribution is 2.33. The molecule has 0 radical (unpaired) electrons. The molecule has 138 valence electrons. The number of nitrogens with one attached hydrogen (secondary N) is 2. The molecule has 6 nitrogen and oxygen atoms in total. The van der Waals surface area contributed by atoms with E-state index in [9.17, 15) is 22.8 Å². The number of rotatable bonds is 3. The minimum Gasteiger partial charge on any atom is -0.354 e. The third-order valence-electron chi connectivity index (χ3n) is 4.12. The maximum Gasteiger partial charge on any atom is 0.434 e. The molecule has 1 atom stereocenters. The van der Waals surface area contributed by atoms with Crippen molar-refractivity contribution in [2.24, 2.45) is 0 Å². The van der Waals surface area contributed by atoms with Crippen molar-refractivity contribution < 1.29 is 22.8 Å². The Balaban J connectivity index is 1.93. The zero-order valence-corrected chi connectivity index (χ0v) is 13.7. The second-order valence-corrected chi connectivity index (χ2v) is 5.96. The topological polar surface area (TPSA) is 76.0 Å². The maximum atomic E-state index is 13.6. The van der Waals surface area contributed by atoms with Crippen molar-refractivity contribution in [2.75, 3.05) is 6.54 Å². The zero-order valence-electron chi connectivity index (χ0n) is 13.7. The number of aromatic nitrogens is 2. The fourth-order valence-corrected chi connectivity index (χ4v) is 2.87. The Bertz CT molecular complexity index is 802. The number of amides is 2. The number of halogens is 3. The molecule has 0 saturated carbocycles. The van der Waals surface area contributed by atoms with Crippen molar-refractivity contribution in [1.29, 1.82) is 0 Å². The van der Waals surface area contributed by atoms with Crippen molar-refractivity contribution in [3.63, 3.8) is 0 Å². The molecule has 1 aromatic heterocycles. The van der Waals surface area contributed by atoms with Crippen molar-refractivity contribution in [3.05, 3.63) is 47.8 Å². The van der Waals surface area contributed by atoms with Crippen LogP contribution in [0.1, 0.15) is 35.3 Å². The van der Waals surface area contributed by atoms with Crippen LogP contribution in [-0.4, -0.2) is 34.2 Å². The van der Waals surface area contributed by atoms with Crippen molar-refractivity contribution in [3.8, 4) is 5.69 Å². The third-order valence-corrected chi connectivity index (χ3v) is 4.12. The molecule has 0 spiro atoms. The first-order valence-corrected chi connectivity index (χ1v) is 8.17. The molecule has 9 heteroatoms. The summed E-state index contributed by atoms with van der Waals surface area (Å²) in [5.41, 5.74) is -1.60. The van der Waals surface area contributed by atoms with Crippen molar-refractivity contribution >= 4 is 11.8 Å². The first-order valence-electron chi connectivity index (χ1n) is 8.17. The van der Waals surface area contributed by atoms with Crippen LogP contribution >= 0.6 is 0 Å². The number of benzene rings is 1. The Hall–Kier alpha value is -2.84. The lowest BCUT2D eigenvalue weighted by atomic mass is 10.1. The Labute approximate surface area is 147 Å². The van der Waals surface area contributed by atoms with Crippen LogP contribution in [0.4, 0.5) is 13.2 Å². The molecule has 1 aromatic carbocycles. The van der Waals surface area contributed by atoms with E-state index in [0.29, 0.717) is 24.1 Å². The van der Waals surface area contributed by atoms with Crippen LogP contribution in [0.2, 0.25) is 0 Å². The number of nitrogens with zero attached hydrogens (tertiary/aromatic N) is 2. The van der Waals surface area contributed by atoms with Gasteiger partial charge in [-0.3, -0.25) is 9.59 Å². The predicted molar refractivity (Wildman–Crippen MR) is 86.7 cm³/mol. The quantitative estimate of drug-likeness (QED) is 0.875. The number of para-hydroxylation sites is 1. The van der Waals surface area contributed by atoms with E-state index < -0.39 is 29.4 Å². The standard InChI is InChI=1S/C17H17F3N4O2/c18-17(19,20)14-12(10-22-24(14)11-6-2-1-3-7-11)15(25)23-13-8-4-5-9-21-16(13)26/h1-3,6-7,10,13H,4-5,8-9H2,(H,21,26)(H,23,25). The van der Waals surface area contributed by atoms with Gasteiger partial charge in [0.05, 0.1) is 17.4 Å². The largest absolute Gasteiger partial charge is 0.434 e. The van der Waals surface area contributed by atoms with E-state index in [1.54, 1.807) is 18.2 Å². The molecule has 2 amide bonds. The summed E-state index contributed by atoms with van der Waals surface area (Å²) in [5.74, 6) is -1.36. The Morgan fingerprint density at radius 3 is 2.65 bits per heavy atom. The average molecular weight is 366 g/mol. The van der Waals surface area contributed by atoms with Gasteiger partial charge in [-0.1, -0.05) is 18.2 Å². The molecule has 3 rings (SSSR count). The molecular formula is C17H17F3N4O2. The lowest BCUT2D eigenvalue weighted by molar-refractivity contribution is -0.143. The molecule has 1 fully saturated rings. The van der Waals surface area contributed by atoms with Crippen LogP contribution in [0.3, 0.4) is 0 Å². The smallest absolute Gasteiger partial charge is 0.354 e. The van der Waals surface area contributed by atoms with Crippen LogP contribution in [0, 0.1) is 0 Å². The molecule has 1 aliphatic rings. The van der Waals surface area contributed by atoms with E-state index in [-0.39, 0.29) is 11.6 Å². The maximum absolute atomic E-state index is 13.6. The SMILES string of the molecule is O=C(NC1CCCCNC1=O)c1cnn(-c2ccccc2)c1C(F)(F)F. The van der Waals surface area contributed by atoms with Crippen LogP contribution in [0.5, 0.6) is 0 Å². The minimum absolute atomic E-state index is 0.186. The van der Waals surface area contributed by atoms with Crippen LogP contribution in [0.25, 0.3) is 5.69 Å². The monoisotopic (exact) mass is 366 g/mol. The molecule has 1 saturated heterocycles. The molecular weight excluding hydrogens is 349 g/mol. The molecule has 0 bridgehead atoms. The normalized spacial score (nSPS) is 18.1. The van der Waals surface area contributed by atoms with E-state index in [4.69, 9.17) is 0 Å². The van der Waals surface area contributed by atoms with E-state index in [1.807, 2.05) is 0 Å². The summed E-state index contributed by atoms with van der Waals surface area (Å²) in [6.45, 7) is 0.491. The summed E-state index contributed by atoms with van der Waals surface area (Å²) < 4.78 is 41.4. The molecule has 2 N–H and O–H groups in total. The van der Waals surface area contributed by atoms with Gasteiger partial charge in [-0.15, -0.1) is 0 Å². The molecule has 2 heterocycles. The molecule has 0 aliphatic carbocycles. The summed E-state index contributed by atoms with van der Waals surface area (Å²) in [7, 11) is 0. The van der Waals surface area contributed by atoms with Gasteiger partial charge < -0.3 is 10.6 Å². The fraction of sp³-hybridized carbons (Fsp3) is 0.353. The Morgan fingerprint density at radius 2 is 1.96 bits per heavy atom. The average Bonchev–Trinajstić information content (AvgIpc) is 2.97. The van der Waals surface area contributed by atoms with E-state index in [0.717, 1.165) is 12.6 Å². The third kappa shape index (κ3) is 3.71. The number of hydrogen-bond acceptors (Lipinski definition) is 3. The van der Waals surface area contributed by atoms with Gasteiger partial charge in [0.2, 0.25) is 5.91 Å². The molecule has 1 unspecified atom stereocenters. The lowest BCUT2D eigenvalue weighted by Crippen LogP contribution is -2.45. The van der Waals surface area contributed by atoms with Gasteiger partial charge in [0.1, 0.15) is 6.04 Å². The summed E-state index contributed by atoms with van der Waals surface area (Å²) in [6, 6.07) is 6.88. The number of carbonyl (C=O) groups is 2. The molecule has 2 aromatic rings. The van der Waals surface area contributed by atoms with Crippen molar-refractivity contribution in [1.82, 2.24) is 20.4 Å². The second-order valence-electron chi connectivity index (χ2n) is 5.96. The fourth-order valence-electron chi connectivity index (χ4n) is 2.87. The highest BCUT2D eigenvalue weighted by Gasteiger charge is 2.41. The Kier molecular flexibility index (Phi) is 4.97. The van der Waals surface area contributed by atoms with Crippen LogP contribution < -0.4 is 10.6 Å². The van der Waals surface area contributed by atoms with Gasteiger partial charge in [-0.2, -0.15) is 18.3 Å². The lowest BCUT2D eigenvalue weighted by Gasteiger charge is -2.16. The summed E-state index contributed by atoms with van der Waals surface area (Å²) in [4.78, 5) is 24.4. The van der Waals surface area contributed by atoms with E-state index in [2.05, 4.69) is 15.7 Å². The highest BCUT2D eigenvalue weighted by molar-refractivity contribution is 5.98. The number of alkyl halides is 3. The first-order chi connectivity index (χ1) is 12.4. The van der Waals surface area contributed by atoms with Crippen LogP contribution in [-0.2, 0) is 11.0 Å². The van der Waals surface area contributed by atoms with Crippen LogP contribution in [0.15, 0.2) is 36.5 Å². The van der Waals surface area contributed by atoms with Gasteiger partial charge in [0, 0.05) is 6.54 Å². The van der Waals surface area contributed by atoms with Gasteiger partial charge >= 0.3 is 6.18 Å². The van der Waals surface area contributed by atoms with Gasteiger partial charge in [0.15, 0.2) is 5.69 Å². The van der Waals surface area contributed by atoms with E-state index in [1.165, 1.54) is 12.1 Å². The van der Waals surface area contributed by atoms with E-state index >= 15 is 0 Å². The predicted octanol–water partition coefficient (Wildman–Crippen LogP) is 2.29. The first kappa shape index (κ1) is 18.0.